The first-order valence-electron chi connectivity index (χ1n) is 7.16. The molecular formula is C14H26F3N. The van der Waals surface area contributed by atoms with Gasteiger partial charge in [-0.2, -0.15) is 13.2 Å². The second-order valence-electron chi connectivity index (χ2n) is 5.96. The zero-order chi connectivity index (χ0) is 13.8. The standard InChI is InChI=1S/C14H26F3N/c1-3-5-10(2)8-13(18)11-6-4-7-12(9-11)14(15,16)17/h10-13H,3-9,18H2,1-2H3. The van der Waals surface area contributed by atoms with Gasteiger partial charge in [-0.1, -0.05) is 33.1 Å². The molecule has 0 aromatic rings. The van der Waals surface area contributed by atoms with Gasteiger partial charge in [0, 0.05) is 6.04 Å². The maximum atomic E-state index is 12.7. The lowest BCUT2D eigenvalue weighted by Gasteiger charge is -2.34. The fourth-order valence-corrected chi connectivity index (χ4v) is 3.18. The van der Waals surface area contributed by atoms with Gasteiger partial charge < -0.3 is 5.73 Å². The summed E-state index contributed by atoms with van der Waals surface area (Å²) in [4.78, 5) is 0. The van der Waals surface area contributed by atoms with Gasteiger partial charge in [0.15, 0.2) is 0 Å². The molecule has 0 radical (unpaired) electrons. The quantitative estimate of drug-likeness (QED) is 0.777. The first kappa shape index (κ1) is 15.8. The highest BCUT2D eigenvalue weighted by atomic mass is 19.4. The van der Waals surface area contributed by atoms with Crippen molar-refractivity contribution in [3.05, 3.63) is 0 Å². The van der Waals surface area contributed by atoms with Crippen molar-refractivity contribution in [2.75, 3.05) is 0 Å². The van der Waals surface area contributed by atoms with Gasteiger partial charge in [0.1, 0.15) is 0 Å². The molecule has 18 heavy (non-hydrogen) atoms. The van der Waals surface area contributed by atoms with E-state index in [9.17, 15) is 13.2 Å². The fraction of sp³-hybridized carbons (Fsp3) is 1.00. The van der Waals surface area contributed by atoms with Crippen molar-refractivity contribution in [3.8, 4) is 0 Å². The Bertz CT molecular complexity index is 240. The molecule has 108 valence electrons. The summed E-state index contributed by atoms with van der Waals surface area (Å²) in [5, 5.41) is 0. The van der Waals surface area contributed by atoms with E-state index in [0.717, 1.165) is 25.7 Å². The molecule has 1 nitrogen and oxygen atoms in total. The molecule has 1 fully saturated rings. The Morgan fingerprint density at radius 2 is 1.94 bits per heavy atom. The Labute approximate surface area is 108 Å². The first-order chi connectivity index (χ1) is 8.34. The third-order valence-corrected chi connectivity index (χ3v) is 4.24. The third-order valence-electron chi connectivity index (χ3n) is 4.24. The molecule has 0 aromatic carbocycles. The molecule has 0 aromatic heterocycles. The molecule has 4 heteroatoms. The second-order valence-corrected chi connectivity index (χ2v) is 5.96. The van der Waals surface area contributed by atoms with Crippen molar-refractivity contribution in [2.45, 2.75) is 71.0 Å². The number of hydrogen-bond acceptors (Lipinski definition) is 1. The Morgan fingerprint density at radius 1 is 1.28 bits per heavy atom. The molecule has 0 spiro atoms. The van der Waals surface area contributed by atoms with Crippen LogP contribution in [0.15, 0.2) is 0 Å². The summed E-state index contributed by atoms with van der Waals surface area (Å²) in [6.45, 7) is 4.27. The second kappa shape index (κ2) is 6.78. The van der Waals surface area contributed by atoms with Crippen LogP contribution in [0.3, 0.4) is 0 Å². The lowest BCUT2D eigenvalue weighted by molar-refractivity contribution is -0.186. The summed E-state index contributed by atoms with van der Waals surface area (Å²) < 4.78 is 38.2. The van der Waals surface area contributed by atoms with E-state index in [4.69, 9.17) is 5.73 Å². The summed E-state index contributed by atoms with van der Waals surface area (Å²) in [6, 6.07) is -0.0586. The molecule has 0 bridgehead atoms. The van der Waals surface area contributed by atoms with E-state index in [1.165, 1.54) is 0 Å². The van der Waals surface area contributed by atoms with Crippen LogP contribution in [-0.2, 0) is 0 Å². The average molecular weight is 265 g/mol. The number of hydrogen-bond donors (Lipinski definition) is 1. The minimum atomic E-state index is -4.03. The van der Waals surface area contributed by atoms with Gasteiger partial charge in [0.25, 0.3) is 0 Å². The molecule has 0 saturated heterocycles. The summed E-state index contributed by atoms with van der Waals surface area (Å²) in [5.74, 6) is -0.537. The van der Waals surface area contributed by atoms with E-state index in [2.05, 4.69) is 13.8 Å². The first-order valence-corrected chi connectivity index (χ1v) is 7.16. The Hall–Kier alpha value is -0.250. The van der Waals surface area contributed by atoms with Gasteiger partial charge in [-0.05, 0) is 37.5 Å². The highest BCUT2D eigenvalue weighted by Crippen LogP contribution is 2.41. The lowest BCUT2D eigenvalue weighted by atomic mass is 9.75. The molecule has 1 saturated carbocycles. The van der Waals surface area contributed by atoms with Crippen molar-refractivity contribution >= 4 is 0 Å². The number of alkyl halides is 3. The molecule has 2 N–H and O–H groups in total. The van der Waals surface area contributed by atoms with Crippen LogP contribution in [0.1, 0.15) is 58.8 Å². The number of halogens is 3. The molecular weight excluding hydrogens is 239 g/mol. The van der Waals surface area contributed by atoms with Crippen molar-refractivity contribution in [1.29, 1.82) is 0 Å². The topological polar surface area (TPSA) is 26.0 Å². The highest BCUT2D eigenvalue weighted by Gasteiger charge is 2.43. The van der Waals surface area contributed by atoms with E-state index in [0.29, 0.717) is 12.3 Å². The number of rotatable bonds is 5. The summed E-state index contributed by atoms with van der Waals surface area (Å²) in [5.41, 5.74) is 6.12. The largest absolute Gasteiger partial charge is 0.391 e. The molecule has 4 atom stereocenters. The Kier molecular flexibility index (Phi) is 5.96. The van der Waals surface area contributed by atoms with Gasteiger partial charge in [0.05, 0.1) is 5.92 Å². The van der Waals surface area contributed by atoms with Crippen LogP contribution < -0.4 is 5.73 Å². The Balaban J connectivity index is 2.45. The summed E-state index contributed by atoms with van der Waals surface area (Å²) >= 11 is 0. The molecule has 1 rings (SSSR count). The predicted molar refractivity (Wildman–Crippen MR) is 68.2 cm³/mol. The summed E-state index contributed by atoms with van der Waals surface area (Å²) in [7, 11) is 0. The third kappa shape index (κ3) is 4.79. The van der Waals surface area contributed by atoms with Gasteiger partial charge in [-0.25, -0.2) is 0 Å². The monoisotopic (exact) mass is 265 g/mol. The smallest absolute Gasteiger partial charge is 0.327 e. The minimum Gasteiger partial charge on any atom is -0.327 e. The van der Waals surface area contributed by atoms with Crippen molar-refractivity contribution in [2.24, 2.45) is 23.5 Å². The zero-order valence-electron chi connectivity index (χ0n) is 11.5. The molecule has 0 heterocycles. The van der Waals surface area contributed by atoms with E-state index in [1.54, 1.807) is 0 Å². The molecule has 1 aliphatic rings. The lowest BCUT2D eigenvalue weighted by Crippen LogP contribution is -2.38. The van der Waals surface area contributed by atoms with Crippen LogP contribution in [0.25, 0.3) is 0 Å². The van der Waals surface area contributed by atoms with Gasteiger partial charge in [-0.3, -0.25) is 0 Å². The normalized spacial score (nSPS) is 29.0. The van der Waals surface area contributed by atoms with Crippen LogP contribution in [0.5, 0.6) is 0 Å². The van der Waals surface area contributed by atoms with Crippen molar-refractivity contribution in [3.63, 3.8) is 0 Å². The van der Waals surface area contributed by atoms with Crippen LogP contribution >= 0.6 is 0 Å². The maximum Gasteiger partial charge on any atom is 0.391 e. The number of nitrogens with two attached hydrogens (primary N) is 1. The Morgan fingerprint density at radius 3 is 2.50 bits per heavy atom. The molecule has 1 aliphatic carbocycles. The van der Waals surface area contributed by atoms with Gasteiger partial charge >= 0.3 is 6.18 Å². The van der Waals surface area contributed by atoms with Crippen molar-refractivity contribution < 1.29 is 13.2 Å². The van der Waals surface area contributed by atoms with Gasteiger partial charge in [-0.15, -0.1) is 0 Å². The van der Waals surface area contributed by atoms with Crippen LogP contribution in [0.4, 0.5) is 13.2 Å². The van der Waals surface area contributed by atoms with E-state index < -0.39 is 12.1 Å². The molecule has 0 aliphatic heterocycles. The predicted octanol–water partition coefficient (Wildman–Crippen LogP) is 4.51. The molecule has 4 unspecified atom stereocenters. The minimum absolute atomic E-state index is 0.0586. The molecule has 0 amide bonds. The van der Waals surface area contributed by atoms with Gasteiger partial charge in [0.2, 0.25) is 0 Å². The van der Waals surface area contributed by atoms with E-state index in [-0.39, 0.29) is 24.8 Å². The van der Waals surface area contributed by atoms with Crippen LogP contribution in [0.2, 0.25) is 0 Å². The van der Waals surface area contributed by atoms with Crippen molar-refractivity contribution in [1.82, 2.24) is 0 Å². The highest BCUT2D eigenvalue weighted by molar-refractivity contribution is 4.84. The maximum absolute atomic E-state index is 12.7. The average Bonchev–Trinajstić information content (AvgIpc) is 2.28. The van der Waals surface area contributed by atoms with E-state index >= 15 is 0 Å². The zero-order valence-corrected chi connectivity index (χ0v) is 11.5. The summed E-state index contributed by atoms with van der Waals surface area (Å²) in [6.07, 6.45) is 1.13. The fourth-order valence-electron chi connectivity index (χ4n) is 3.18. The van der Waals surface area contributed by atoms with E-state index in [1.807, 2.05) is 0 Å². The van der Waals surface area contributed by atoms with Crippen LogP contribution in [0, 0.1) is 17.8 Å². The SMILES string of the molecule is CCCC(C)CC(N)C1CCCC(C(F)(F)F)C1. The van der Waals surface area contributed by atoms with Crippen LogP contribution in [-0.4, -0.2) is 12.2 Å².